The second kappa shape index (κ2) is 11.4. The van der Waals surface area contributed by atoms with Gasteiger partial charge in [0.2, 0.25) is 0 Å². The summed E-state index contributed by atoms with van der Waals surface area (Å²) in [6.07, 6.45) is 9.54. The van der Waals surface area contributed by atoms with E-state index < -0.39 is 23.5 Å². The number of aliphatic carboxylic acids is 2. The zero-order valence-electron chi connectivity index (χ0n) is 25.8. The van der Waals surface area contributed by atoms with E-state index in [-0.39, 0.29) is 12.8 Å². The Kier molecular flexibility index (Phi) is 8.05. The number of aliphatic hydroxyl groups excluding tert-OH is 1. The number of aromatic amines is 3. The Hall–Kier alpha value is -4.24. The normalized spacial score (nSPS) is 23.3. The fourth-order valence-corrected chi connectivity index (χ4v) is 6.55. The molecule has 2 aliphatic heterocycles. The minimum Gasteiger partial charge on any atom is -0.481 e. The van der Waals surface area contributed by atoms with Gasteiger partial charge in [0.1, 0.15) is 6.10 Å². The van der Waals surface area contributed by atoms with Gasteiger partial charge in [-0.3, -0.25) is 9.59 Å². The van der Waals surface area contributed by atoms with Gasteiger partial charge in [-0.2, -0.15) is 0 Å². The fraction of sp³-hybridized carbons (Fsp3) is 0.412. The van der Waals surface area contributed by atoms with Crippen LogP contribution in [0, 0.1) is 26.2 Å². The molecule has 3 aromatic rings. The molecule has 8 bridgehead atoms. The standard InChI is InChI=1S/C34H42N4O5/c1-7-20-17(3)24-14-29-33(43)34(6,8-2)30(38-29)16-25-19(5)22(10-12-32(41)42)28(37-25)15-27-21(9-11-31(39)40)18(4)23(36-27)13-26(20)35-24/h13-16,33,35-38,43H,7-12H2,1-6H3,(H,39,40)(H,41,42)/b23-13-,27-15-,29-14-,30-16-/t33?,34-/m1/s1. The molecule has 2 atom stereocenters. The van der Waals surface area contributed by atoms with E-state index >= 15 is 0 Å². The Morgan fingerprint density at radius 1 is 0.744 bits per heavy atom. The van der Waals surface area contributed by atoms with Gasteiger partial charge < -0.3 is 35.6 Å². The maximum absolute atomic E-state index is 11.6. The summed E-state index contributed by atoms with van der Waals surface area (Å²) in [4.78, 5) is 33.8. The van der Waals surface area contributed by atoms with E-state index in [0.717, 1.165) is 79.1 Å². The van der Waals surface area contributed by atoms with Gasteiger partial charge >= 0.3 is 11.9 Å². The van der Waals surface area contributed by atoms with Crippen molar-refractivity contribution in [2.24, 2.45) is 5.41 Å². The predicted octanol–water partition coefficient (Wildman–Crippen LogP) is 3.93. The Bertz CT molecular complexity index is 1800. The first-order chi connectivity index (χ1) is 20.4. The molecule has 43 heavy (non-hydrogen) atoms. The largest absolute Gasteiger partial charge is 0.481 e. The molecule has 0 aliphatic carbocycles. The van der Waals surface area contributed by atoms with Crippen LogP contribution >= 0.6 is 0 Å². The predicted molar refractivity (Wildman–Crippen MR) is 168 cm³/mol. The van der Waals surface area contributed by atoms with Crippen molar-refractivity contribution in [2.45, 2.75) is 86.2 Å². The number of aliphatic hydroxyl groups is 1. The van der Waals surface area contributed by atoms with Crippen LogP contribution in [0.25, 0.3) is 24.3 Å². The maximum atomic E-state index is 11.6. The van der Waals surface area contributed by atoms with E-state index in [9.17, 15) is 24.9 Å². The van der Waals surface area contributed by atoms with Crippen molar-refractivity contribution in [3.8, 4) is 0 Å². The van der Waals surface area contributed by atoms with Gasteiger partial charge in [0.05, 0.1) is 0 Å². The summed E-state index contributed by atoms with van der Waals surface area (Å²) in [5.74, 6) is -1.74. The topological polar surface area (TPSA) is 154 Å². The van der Waals surface area contributed by atoms with E-state index in [1.165, 1.54) is 5.56 Å². The van der Waals surface area contributed by atoms with Crippen LogP contribution in [0.15, 0.2) is 11.4 Å². The van der Waals surface area contributed by atoms with Crippen LogP contribution in [0.1, 0.15) is 96.2 Å². The summed E-state index contributed by atoms with van der Waals surface area (Å²) < 4.78 is 0. The molecule has 0 radical (unpaired) electrons. The smallest absolute Gasteiger partial charge is 0.303 e. The van der Waals surface area contributed by atoms with Gasteiger partial charge in [0.25, 0.3) is 0 Å². The molecule has 1 fully saturated rings. The number of rotatable bonds is 8. The summed E-state index contributed by atoms with van der Waals surface area (Å²) in [6.45, 7) is 12.3. The van der Waals surface area contributed by atoms with Crippen molar-refractivity contribution in [2.75, 3.05) is 0 Å². The van der Waals surface area contributed by atoms with Crippen molar-refractivity contribution < 1.29 is 24.9 Å². The third-order valence-corrected chi connectivity index (χ3v) is 9.58. The molecule has 0 spiro atoms. The number of carboxylic acids is 2. The summed E-state index contributed by atoms with van der Waals surface area (Å²) in [6, 6.07) is 0. The van der Waals surface area contributed by atoms with Gasteiger partial charge in [-0.15, -0.1) is 0 Å². The number of carbonyl (C=O) groups is 2. The van der Waals surface area contributed by atoms with Crippen molar-refractivity contribution in [1.82, 2.24) is 20.3 Å². The average Bonchev–Trinajstić information content (AvgIpc) is 3.59. The highest BCUT2D eigenvalue weighted by molar-refractivity contribution is 5.71. The van der Waals surface area contributed by atoms with E-state index in [1.54, 1.807) is 0 Å². The highest BCUT2D eigenvalue weighted by atomic mass is 16.4. The number of hydrogen-bond acceptors (Lipinski definition) is 4. The molecule has 0 aromatic carbocycles. The van der Waals surface area contributed by atoms with Crippen molar-refractivity contribution in [3.05, 3.63) is 78.2 Å². The molecule has 9 nitrogen and oxygen atoms in total. The molecule has 0 saturated carbocycles. The number of hydrogen-bond donors (Lipinski definition) is 7. The molecule has 5 heterocycles. The van der Waals surface area contributed by atoms with Gasteiger partial charge in [-0.25, -0.2) is 0 Å². The molecule has 0 amide bonds. The summed E-state index contributed by atoms with van der Waals surface area (Å²) in [5, 5.41) is 35.8. The van der Waals surface area contributed by atoms with Crippen molar-refractivity contribution in [1.29, 1.82) is 0 Å². The van der Waals surface area contributed by atoms with Crippen LogP contribution in [-0.2, 0) is 28.9 Å². The van der Waals surface area contributed by atoms with E-state index in [2.05, 4.69) is 54.0 Å². The Morgan fingerprint density at radius 2 is 1.30 bits per heavy atom. The monoisotopic (exact) mass is 586 g/mol. The van der Waals surface area contributed by atoms with Crippen LogP contribution < -0.4 is 16.0 Å². The first-order valence-electron chi connectivity index (χ1n) is 15.0. The third-order valence-electron chi connectivity index (χ3n) is 9.58. The summed E-state index contributed by atoms with van der Waals surface area (Å²) in [7, 11) is 0. The van der Waals surface area contributed by atoms with E-state index in [1.807, 2.05) is 32.1 Å². The molecule has 7 N–H and O–H groups in total. The second-order valence-corrected chi connectivity index (χ2v) is 12.1. The highest BCUT2D eigenvalue weighted by Gasteiger charge is 2.44. The number of fused-ring (bicyclic) bond motifs is 8. The van der Waals surface area contributed by atoms with E-state index in [0.29, 0.717) is 19.3 Å². The van der Waals surface area contributed by atoms with Gasteiger partial charge in [0, 0.05) is 63.1 Å². The molecular formula is C34H42N4O5. The Labute approximate surface area is 251 Å². The van der Waals surface area contributed by atoms with Crippen molar-refractivity contribution >= 4 is 36.2 Å². The van der Waals surface area contributed by atoms with Crippen LogP contribution in [0.3, 0.4) is 0 Å². The molecule has 5 rings (SSSR count). The molecule has 228 valence electrons. The van der Waals surface area contributed by atoms with Gasteiger partial charge in [-0.05, 0) is 104 Å². The summed E-state index contributed by atoms with van der Waals surface area (Å²) >= 11 is 0. The Morgan fingerprint density at radius 3 is 1.91 bits per heavy atom. The number of H-pyrrole nitrogens is 3. The minimum atomic E-state index is -0.874. The lowest BCUT2D eigenvalue weighted by atomic mass is 9.80. The first kappa shape index (κ1) is 30.2. The quantitative estimate of drug-likeness (QED) is 0.212. The molecule has 1 saturated heterocycles. The highest BCUT2D eigenvalue weighted by Crippen LogP contribution is 2.44. The summed E-state index contributed by atoms with van der Waals surface area (Å²) in [5.41, 5.74) is 10.6. The molecular weight excluding hydrogens is 544 g/mol. The Balaban J connectivity index is 1.86. The molecule has 2 aliphatic rings. The second-order valence-electron chi connectivity index (χ2n) is 12.1. The lowest BCUT2D eigenvalue weighted by Crippen LogP contribution is -2.28. The van der Waals surface area contributed by atoms with E-state index in [4.69, 9.17) is 0 Å². The zero-order chi connectivity index (χ0) is 31.2. The first-order valence-corrected chi connectivity index (χ1v) is 15.0. The fourth-order valence-electron chi connectivity index (χ4n) is 6.55. The lowest BCUT2D eigenvalue weighted by molar-refractivity contribution is -0.138. The minimum absolute atomic E-state index is 0.00488. The SMILES string of the molecule is CCc1c2[nH]c(c1C)/C=C1\N/C(=C\c3[nH]c(c(CCC(=O)O)c3C)/C=c3\[nH]/c(c(C)c3CCC(=O)O)=C\2)[C@@](C)(CC)C1O. The molecule has 9 heteroatoms. The molecule has 3 aromatic heterocycles. The number of carboxylic acid groups (broad SMARTS) is 2. The van der Waals surface area contributed by atoms with Gasteiger partial charge in [0.15, 0.2) is 0 Å². The average molecular weight is 587 g/mol. The van der Waals surface area contributed by atoms with Gasteiger partial charge in [-0.1, -0.05) is 20.8 Å². The van der Waals surface area contributed by atoms with Crippen LogP contribution in [0.2, 0.25) is 0 Å². The van der Waals surface area contributed by atoms with Crippen molar-refractivity contribution in [3.63, 3.8) is 0 Å². The molecule has 1 unspecified atom stereocenters. The third kappa shape index (κ3) is 5.38. The zero-order valence-corrected chi connectivity index (χ0v) is 25.8. The lowest BCUT2D eigenvalue weighted by Gasteiger charge is -2.26. The van der Waals surface area contributed by atoms with Crippen LogP contribution in [0.5, 0.6) is 0 Å². The maximum Gasteiger partial charge on any atom is 0.303 e. The number of aromatic nitrogens is 3. The number of nitrogens with one attached hydrogen (secondary N) is 4. The van der Waals surface area contributed by atoms with Crippen LogP contribution in [-0.4, -0.2) is 48.3 Å². The van der Waals surface area contributed by atoms with Crippen LogP contribution in [0.4, 0.5) is 0 Å².